The van der Waals surface area contributed by atoms with Crippen LogP contribution in [-0.2, 0) is 6.54 Å². The summed E-state index contributed by atoms with van der Waals surface area (Å²) in [5.74, 6) is 0.162. The van der Waals surface area contributed by atoms with E-state index < -0.39 is 0 Å². The molecule has 2 rings (SSSR count). The summed E-state index contributed by atoms with van der Waals surface area (Å²) in [5.41, 5.74) is 3.69. The molecule has 3 nitrogen and oxygen atoms in total. The number of carbonyl (C=O) groups is 1. The maximum Gasteiger partial charge on any atom is 0.164 e. The first-order valence-corrected chi connectivity index (χ1v) is 6.32. The van der Waals surface area contributed by atoms with Crippen molar-refractivity contribution in [3.05, 3.63) is 58.9 Å². The Morgan fingerprint density at radius 2 is 2.16 bits per heavy atom. The van der Waals surface area contributed by atoms with E-state index in [1.165, 1.54) is 0 Å². The number of Topliss-reactive ketones (excluding diaryl/α,β-unsaturated/α-hetero) is 1. The Kier molecular flexibility index (Phi) is 3.82. The highest BCUT2D eigenvalue weighted by Crippen LogP contribution is 2.14. The molecule has 0 atom stereocenters. The molecule has 1 aromatic carbocycles. The molecule has 0 unspecified atom stereocenters. The summed E-state index contributed by atoms with van der Waals surface area (Å²) in [4.78, 5) is 11.6. The summed E-state index contributed by atoms with van der Waals surface area (Å²) >= 11 is 0. The molecule has 1 aromatic heterocycles. The van der Waals surface area contributed by atoms with Gasteiger partial charge in [-0.2, -0.15) is 5.26 Å². The third kappa shape index (κ3) is 2.92. The van der Waals surface area contributed by atoms with E-state index in [9.17, 15) is 4.79 Å². The van der Waals surface area contributed by atoms with Crippen LogP contribution in [0.3, 0.4) is 0 Å². The average molecular weight is 252 g/mol. The van der Waals surface area contributed by atoms with Gasteiger partial charge in [0.1, 0.15) is 0 Å². The molecule has 2 aromatic rings. The second kappa shape index (κ2) is 5.53. The molecule has 0 saturated heterocycles. The lowest BCUT2D eigenvalue weighted by atomic mass is 10.1. The van der Waals surface area contributed by atoms with Gasteiger partial charge in [0.2, 0.25) is 0 Å². The van der Waals surface area contributed by atoms with Crippen molar-refractivity contribution in [1.29, 1.82) is 5.26 Å². The van der Waals surface area contributed by atoms with Gasteiger partial charge in [-0.1, -0.05) is 13.0 Å². The van der Waals surface area contributed by atoms with Crippen LogP contribution in [0.4, 0.5) is 0 Å². The van der Waals surface area contributed by atoms with E-state index >= 15 is 0 Å². The van der Waals surface area contributed by atoms with Crippen LogP contribution in [0.2, 0.25) is 0 Å². The van der Waals surface area contributed by atoms with Crippen LogP contribution < -0.4 is 0 Å². The van der Waals surface area contributed by atoms with Gasteiger partial charge in [0, 0.05) is 30.9 Å². The van der Waals surface area contributed by atoms with Crippen molar-refractivity contribution in [3.63, 3.8) is 0 Å². The number of nitriles is 1. The molecule has 19 heavy (non-hydrogen) atoms. The molecule has 0 N–H and O–H groups in total. The van der Waals surface area contributed by atoms with Gasteiger partial charge in [-0.3, -0.25) is 4.79 Å². The molecule has 0 spiro atoms. The van der Waals surface area contributed by atoms with Gasteiger partial charge in [-0.15, -0.1) is 0 Å². The SMILES string of the molecule is CCC(=O)c1ccn(Cc2ccc(C#N)cc2C)c1. The predicted octanol–water partition coefficient (Wildman–Crippen LogP) is 3.31. The van der Waals surface area contributed by atoms with Gasteiger partial charge in [0.05, 0.1) is 11.6 Å². The molecule has 0 saturated carbocycles. The smallest absolute Gasteiger partial charge is 0.164 e. The van der Waals surface area contributed by atoms with Crippen molar-refractivity contribution in [3.8, 4) is 6.07 Å². The zero-order valence-electron chi connectivity index (χ0n) is 11.2. The predicted molar refractivity (Wildman–Crippen MR) is 74.0 cm³/mol. The molecule has 1 heterocycles. The second-order valence-electron chi connectivity index (χ2n) is 4.60. The Bertz CT molecular complexity index is 647. The van der Waals surface area contributed by atoms with Gasteiger partial charge in [-0.05, 0) is 36.2 Å². The number of nitrogens with zero attached hydrogens (tertiary/aromatic N) is 2. The fourth-order valence-corrected chi connectivity index (χ4v) is 2.05. The van der Waals surface area contributed by atoms with Crippen molar-refractivity contribution in [2.75, 3.05) is 0 Å². The van der Waals surface area contributed by atoms with Crippen molar-refractivity contribution in [1.82, 2.24) is 4.57 Å². The van der Waals surface area contributed by atoms with E-state index in [1.54, 1.807) is 0 Å². The molecule has 0 amide bonds. The third-order valence-corrected chi connectivity index (χ3v) is 3.22. The van der Waals surface area contributed by atoms with Crippen molar-refractivity contribution in [2.45, 2.75) is 26.8 Å². The number of benzene rings is 1. The molecule has 0 aliphatic rings. The van der Waals surface area contributed by atoms with Gasteiger partial charge in [-0.25, -0.2) is 0 Å². The number of aryl methyl sites for hydroxylation is 1. The third-order valence-electron chi connectivity index (χ3n) is 3.22. The Morgan fingerprint density at radius 3 is 2.79 bits per heavy atom. The van der Waals surface area contributed by atoms with E-state index in [2.05, 4.69) is 6.07 Å². The lowest BCUT2D eigenvalue weighted by molar-refractivity contribution is 0.0988. The highest BCUT2D eigenvalue weighted by atomic mass is 16.1. The van der Waals surface area contributed by atoms with E-state index in [0.717, 1.165) is 16.7 Å². The topological polar surface area (TPSA) is 45.8 Å². The van der Waals surface area contributed by atoms with E-state index in [1.807, 2.05) is 55.1 Å². The monoisotopic (exact) mass is 252 g/mol. The highest BCUT2D eigenvalue weighted by Gasteiger charge is 2.06. The molecule has 3 heteroatoms. The number of hydrogen-bond acceptors (Lipinski definition) is 2. The van der Waals surface area contributed by atoms with E-state index in [0.29, 0.717) is 18.5 Å². The zero-order valence-corrected chi connectivity index (χ0v) is 11.2. The molecular formula is C16H16N2O. The molecule has 0 aliphatic heterocycles. The Hall–Kier alpha value is -2.34. The van der Waals surface area contributed by atoms with Crippen LogP contribution in [0, 0.1) is 18.3 Å². The van der Waals surface area contributed by atoms with Gasteiger partial charge >= 0.3 is 0 Å². The highest BCUT2D eigenvalue weighted by molar-refractivity contribution is 5.95. The number of aromatic nitrogens is 1. The number of ketones is 1. The number of rotatable bonds is 4. The van der Waals surface area contributed by atoms with Crippen LogP contribution in [-0.4, -0.2) is 10.4 Å². The number of hydrogen-bond donors (Lipinski definition) is 0. The maximum absolute atomic E-state index is 11.6. The second-order valence-corrected chi connectivity index (χ2v) is 4.60. The van der Waals surface area contributed by atoms with E-state index in [4.69, 9.17) is 5.26 Å². The lowest BCUT2D eigenvalue weighted by Crippen LogP contribution is -2.00. The van der Waals surface area contributed by atoms with Crippen molar-refractivity contribution in [2.24, 2.45) is 0 Å². The van der Waals surface area contributed by atoms with Crippen molar-refractivity contribution >= 4 is 5.78 Å². The first-order valence-electron chi connectivity index (χ1n) is 6.32. The number of carbonyl (C=O) groups excluding carboxylic acids is 1. The van der Waals surface area contributed by atoms with Gasteiger partial charge < -0.3 is 4.57 Å². The molecule has 96 valence electrons. The Balaban J connectivity index is 2.20. The quantitative estimate of drug-likeness (QED) is 0.784. The van der Waals surface area contributed by atoms with E-state index in [-0.39, 0.29) is 5.78 Å². The summed E-state index contributed by atoms with van der Waals surface area (Å²) in [7, 11) is 0. The minimum absolute atomic E-state index is 0.162. The summed E-state index contributed by atoms with van der Waals surface area (Å²) in [6.45, 7) is 4.58. The first-order chi connectivity index (χ1) is 9.13. The first kappa shape index (κ1) is 13.1. The van der Waals surface area contributed by atoms with Gasteiger partial charge in [0.25, 0.3) is 0 Å². The summed E-state index contributed by atoms with van der Waals surface area (Å²) in [5, 5.41) is 8.84. The van der Waals surface area contributed by atoms with Crippen LogP contribution in [0.5, 0.6) is 0 Å². The van der Waals surface area contributed by atoms with Crippen LogP contribution in [0.15, 0.2) is 36.7 Å². The summed E-state index contributed by atoms with van der Waals surface area (Å²) in [6, 6.07) is 9.66. The van der Waals surface area contributed by atoms with Crippen LogP contribution in [0.1, 0.15) is 40.4 Å². The Labute approximate surface area is 113 Å². The van der Waals surface area contributed by atoms with Crippen molar-refractivity contribution < 1.29 is 4.79 Å². The maximum atomic E-state index is 11.6. The molecule has 0 bridgehead atoms. The normalized spacial score (nSPS) is 10.2. The minimum atomic E-state index is 0.162. The summed E-state index contributed by atoms with van der Waals surface area (Å²) in [6.07, 6.45) is 4.32. The zero-order chi connectivity index (χ0) is 13.8. The van der Waals surface area contributed by atoms with Crippen LogP contribution >= 0.6 is 0 Å². The molecule has 0 radical (unpaired) electrons. The minimum Gasteiger partial charge on any atom is -0.349 e. The standard InChI is InChI=1S/C16H16N2O/c1-3-16(19)15-6-7-18(11-15)10-14-5-4-13(9-17)8-12(14)2/h4-8,11H,3,10H2,1-2H3. The average Bonchev–Trinajstić information content (AvgIpc) is 2.88. The molecular weight excluding hydrogens is 236 g/mol. The summed E-state index contributed by atoms with van der Waals surface area (Å²) < 4.78 is 2.00. The van der Waals surface area contributed by atoms with Gasteiger partial charge in [0.15, 0.2) is 5.78 Å². The molecule has 0 fully saturated rings. The lowest BCUT2D eigenvalue weighted by Gasteiger charge is -2.07. The fourth-order valence-electron chi connectivity index (χ4n) is 2.05. The Morgan fingerprint density at radius 1 is 1.37 bits per heavy atom. The van der Waals surface area contributed by atoms with Crippen LogP contribution in [0.25, 0.3) is 0 Å². The molecule has 0 aliphatic carbocycles. The fraction of sp³-hybridized carbons (Fsp3) is 0.250. The largest absolute Gasteiger partial charge is 0.349 e.